The van der Waals surface area contributed by atoms with E-state index in [9.17, 15) is 9.59 Å². The molecular formula is C15H13IN2O3. The van der Waals surface area contributed by atoms with Crippen molar-refractivity contribution in [2.75, 3.05) is 11.9 Å². The molecule has 0 saturated carbocycles. The predicted octanol–water partition coefficient (Wildman–Crippen LogP) is 3.12. The summed E-state index contributed by atoms with van der Waals surface area (Å²) in [7, 11) is 0. The van der Waals surface area contributed by atoms with Crippen LogP contribution >= 0.6 is 22.6 Å². The maximum Gasteiger partial charge on any atom is 0.356 e. The van der Waals surface area contributed by atoms with Gasteiger partial charge in [-0.15, -0.1) is 0 Å². The zero-order chi connectivity index (χ0) is 15.2. The van der Waals surface area contributed by atoms with Crippen molar-refractivity contribution in [1.82, 2.24) is 4.98 Å². The van der Waals surface area contributed by atoms with Crippen LogP contribution in [0.15, 0.2) is 42.5 Å². The van der Waals surface area contributed by atoms with Gasteiger partial charge in [-0.05, 0) is 53.8 Å². The van der Waals surface area contributed by atoms with Crippen molar-refractivity contribution in [3.8, 4) is 0 Å². The number of carbonyl (C=O) groups is 2. The first-order valence-corrected chi connectivity index (χ1v) is 7.39. The summed E-state index contributed by atoms with van der Waals surface area (Å²) in [6.07, 6.45) is 0. The second-order valence-electron chi connectivity index (χ2n) is 4.06. The van der Waals surface area contributed by atoms with Crippen molar-refractivity contribution in [2.45, 2.75) is 6.92 Å². The van der Waals surface area contributed by atoms with Gasteiger partial charge < -0.3 is 10.1 Å². The van der Waals surface area contributed by atoms with Gasteiger partial charge in [-0.3, -0.25) is 4.79 Å². The fourth-order valence-corrected chi connectivity index (χ4v) is 2.15. The maximum atomic E-state index is 12.2. The van der Waals surface area contributed by atoms with Gasteiger partial charge >= 0.3 is 5.97 Å². The molecular weight excluding hydrogens is 383 g/mol. The molecule has 108 valence electrons. The molecule has 0 spiro atoms. The summed E-state index contributed by atoms with van der Waals surface area (Å²) in [4.78, 5) is 27.8. The molecule has 1 N–H and O–H groups in total. The molecule has 5 nitrogen and oxygen atoms in total. The third kappa shape index (κ3) is 4.01. The molecule has 0 unspecified atom stereocenters. The minimum atomic E-state index is -0.540. The number of carbonyl (C=O) groups excluding carboxylic acids is 2. The molecule has 1 aromatic heterocycles. The number of benzene rings is 1. The van der Waals surface area contributed by atoms with E-state index in [1.54, 1.807) is 25.1 Å². The van der Waals surface area contributed by atoms with Crippen LogP contribution in [0.3, 0.4) is 0 Å². The molecule has 1 aromatic carbocycles. The Kier molecular flexibility index (Phi) is 5.26. The van der Waals surface area contributed by atoms with Crippen LogP contribution in [-0.4, -0.2) is 23.5 Å². The number of halogens is 1. The smallest absolute Gasteiger partial charge is 0.356 e. The molecule has 2 aromatic rings. The Morgan fingerprint density at radius 3 is 2.57 bits per heavy atom. The van der Waals surface area contributed by atoms with E-state index in [-0.39, 0.29) is 23.9 Å². The zero-order valence-corrected chi connectivity index (χ0v) is 13.5. The third-order valence-electron chi connectivity index (χ3n) is 2.59. The van der Waals surface area contributed by atoms with Gasteiger partial charge in [-0.2, -0.15) is 0 Å². The lowest BCUT2D eigenvalue weighted by Gasteiger charge is -2.07. The number of rotatable bonds is 4. The van der Waals surface area contributed by atoms with E-state index in [4.69, 9.17) is 4.74 Å². The summed E-state index contributed by atoms with van der Waals surface area (Å²) in [6.45, 7) is 1.98. The van der Waals surface area contributed by atoms with E-state index in [0.29, 0.717) is 5.69 Å². The normalized spacial score (nSPS) is 10.0. The number of hydrogen-bond acceptors (Lipinski definition) is 4. The Morgan fingerprint density at radius 2 is 1.86 bits per heavy atom. The summed E-state index contributed by atoms with van der Waals surface area (Å²) in [5.41, 5.74) is 0.985. The number of nitrogens with one attached hydrogen (secondary N) is 1. The first-order valence-electron chi connectivity index (χ1n) is 6.32. The van der Waals surface area contributed by atoms with Crippen molar-refractivity contribution in [2.24, 2.45) is 0 Å². The highest BCUT2D eigenvalue weighted by molar-refractivity contribution is 14.1. The van der Waals surface area contributed by atoms with Crippen LogP contribution in [0.25, 0.3) is 0 Å². The lowest BCUT2D eigenvalue weighted by molar-refractivity contribution is 0.0519. The Hall–Kier alpha value is -1.96. The van der Waals surface area contributed by atoms with Gasteiger partial charge in [0.05, 0.1) is 12.3 Å². The Labute approximate surface area is 135 Å². The molecule has 6 heteroatoms. The van der Waals surface area contributed by atoms with E-state index >= 15 is 0 Å². The molecule has 0 atom stereocenters. The molecule has 0 aliphatic heterocycles. The quantitative estimate of drug-likeness (QED) is 0.637. The number of amides is 1. The summed E-state index contributed by atoms with van der Waals surface area (Å²) >= 11 is 2.13. The molecule has 0 saturated heterocycles. The fraction of sp³-hybridized carbons (Fsp3) is 0.133. The van der Waals surface area contributed by atoms with Gasteiger partial charge in [-0.1, -0.05) is 18.2 Å². The van der Waals surface area contributed by atoms with E-state index < -0.39 is 5.97 Å². The van der Waals surface area contributed by atoms with Gasteiger partial charge in [0.25, 0.3) is 5.91 Å². The fourth-order valence-electron chi connectivity index (χ4n) is 1.63. The van der Waals surface area contributed by atoms with Crippen molar-refractivity contribution < 1.29 is 14.3 Å². The second kappa shape index (κ2) is 7.16. The molecule has 0 aliphatic carbocycles. The number of para-hydroxylation sites is 1. The summed E-state index contributed by atoms with van der Waals surface area (Å²) < 4.78 is 5.79. The maximum absolute atomic E-state index is 12.2. The number of pyridine rings is 1. The largest absolute Gasteiger partial charge is 0.461 e. The second-order valence-corrected chi connectivity index (χ2v) is 5.22. The van der Waals surface area contributed by atoms with Gasteiger partial charge in [0, 0.05) is 3.57 Å². The van der Waals surface area contributed by atoms with Crippen LogP contribution in [0.5, 0.6) is 0 Å². The van der Waals surface area contributed by atoms with Gasteiger partial charge in [-0.25, -0.2) is 9.78 Å². The topological polar surface area (TPSA) is 68.3 Å². The average molecular weight is 396 g/mol. The lowest BCUT2D eigenvalue weighted by Crippen LogP contribution is -2.16. The molecule has 1 heterocycles. The zero-order valence-electron chi connectivity index (χ0n) is 11.3. The Balaban J connectivity index is 2.18. The summed E-state index contributed by atoms with van der Waals surface area (Å²) in [5, 5.41) is 2.76. The highest BCUT2D eigenvalue weighted by Crippen LogP contribution is 2.17. The van der Waals surface area contributed by atoms with Gasteiger partial charge in [0.2, 0.25) is 0 Å². The summed E-state index contributed by atoms with van der Waals surface area (Å²) in [5.74, 6) is -0.910. The van der Waals surface area contributed by atoms with E-state index in [1.807, 2.05) is 18.2 Å². The van der Waals surface area contributed by atoms with Crippen LogP contribution in [0.2, 0.25) is 0 Å². The first-order chi connectivity index (χ1) is 10.1. The van der Waals surface area contributed by atoms with Crippen LogP contribution in [0.1, 0.15) is 27.9 Å². The standard InChI is InChI=1S/C15H13IN2O3/c1-2-21-15(20)13-9-5-8-12(17-13)14(19)18-11-7-4-3-6-10(11)16/h3-9H,2H2,1H3,(H,18,19). The van der Waals surface area contributed by atoms with Crippen molar-refractivity contribution in [3.05, 3.63) is 57.4 Å². The lowest BCUT2D eigenvalue weighted by atomic mass is 10.2. The van der Waals surface area contributed by atoms with Crippen molar-refractivity contribution in [3.63, 3.8) is 0 Å². The number of aromatic nitrogens is 1. The molecule has 21 heavy (non-hydrogen) atoms. The van der Waals surface area contributed by atoms with Crippen molar-refractivity contribution in [1.29, 1.82) is 0 Å². The Morgan fingerprint density at radius 1 is 1.14 bits per heavy atom. The van der Waals surface area contributed by atoms with Crippen LogP contribution in [0, 0.1) is 3.57 Å². The van der Waals surface area contributed by atoms with Crippen LogP contribution in [-0.2, 0) is 4.74 Å². The minimum absolute atomic E-state index is 0.118. The molecule has 0 aliphatic rings. The van der Waals surface area contributed by atoms with Crippen LogP contribution < -0.4 is 5.32 Å². The molecule has 2 rings (SSSR count). The third-order valence-corrected chi connectivity index (χ3v) is 3.53. The molecule has 1 amide bonds. The molecule has 0 fully saturated rings. The number of ether oxygens (including phenoxy) is 1. The predicted molar refractivity (Wildman–Crippen MR) is 87.3 cm³/mol. The van der Waals surface area contributed by atoms with Gasteiger partial charge in [0.1, 0.15) is 11.4 Å². The van der Waals surface area contributed by atoms with E-state index in [1.165, 1.54) is 6.07 Å². The highest BCUT2D eigenvalue weighted by atomic mass is 127. The summed E-state index contributed by atoms with van der Waals surface area (Å²) in [6, 6.07) is 12.1. The molecule has 0 radical (unpaired) electrons. The highest BCUT2D eigenvalue weighted by Gasteiger charge is 2.13. The average Bonchev–Trinajstić information content (AvgIpc) is 2.50. The van der Waals surface area contributed by atoms with E-state index in [0.717, 1.165) is 3.57 Å². The Bertz CT molecular complexity index is 673. The van der Waals surface area contributed by atoms with Gasteiger partial charge in [0.15, 0.2) is 0 Å². The molecule has 0 bridgehead atoms. The monoisotopic (exact) mass is 396 g/mol. The number of hydrogen-bond donors (Lipinski definition) is 1. The number of esters is 1. The van der Waals surface area contributed by atoms with E-state index in [2.05, 4.69) is 32.9 Å². The number of anilines is 1. The number of nitrogens with zero attached hydrogens (tertiary/aromatic N) is 1. The van der Waals surface area contributed by atoms with Crippen molar-refractivity contribution >= 4 is 40.2 Å². The minimum Gasteiger partial charge on any atom is -0.461 e. The van der Waals surface area contributed by atoms with Crippen LogP contribution in [0.4, 0.5) is 5.69 Å². The SMILES string of the molecule is CCOC(=O)c1cccc(C(=O)Nc2ccccc2I)n1. The first kappa shape index (κ1) is 15.4.